The first-order valence-corrected chi connectivity index (χ1v) is 13.4. The van der Waals surface area contributed by atoms with Gasteiger partial charge in [-0.2, -0.15) is 0 Å². The zero-order chi connectivity index (χ0) is 26.8. The Morgan fingerprint density at radius 3 is 2.61 bits per heavy atom. The number of ether oxygens (including phenoxy) is 2. The largest absolute Gasteiger partial charge is 0.486 e. The highest BCUT2D eigenvalue weighted by molar-refractivity contribution is 5.72. The molecule has 1 aromatic heterocycles. The Morgan fingerprint density at radius 2 is 1.87 bits per heavy atom. The maximum Gasteiger partial charge on any atom is 0.178 e. The summed E-state index contributed by atoms with van der Waals surface area (Å²) in [6.07, 6.45) is 3.88. The maximum absolute atomic E-state index is 15.0. The van der Waals surface area contributed by atoms with E-state index in [1.165, 1.54) is 23.4 Å². The van der Waals surface area contributed by atoms with Crippen molar-refractivity contribution >= 4 is 5.69 Å². The minimum atomic E-state index is -0.585. The molecule has 2 aliphatic rings. The SMILES string of the molecule is COCc1cc(Cc2ncc(F)c(-c3cc(F)c4c(c3)N(C(C)C)CCO4)n2)ccc1C1CCN(C)CC1. The van der Waals surface area contributed by atoms with E-state index in [9.17, 15) is 4.39 Å². The van der Waals surface area contributed by atoms with Crippen LogP contribution in [0.1, 0.15) is 55.1 Å². The lowest BCUT2D eigenvalue weighted by atomic mass is 9.86. The van der Waals surface area contributed by atoms with Gasteiger partial charge < -0.3 is 19.3 Å². The Morgan fingerprint density at radius 1 is 1.08 bits per heavy atom. The van der Waals surface area contributed by atoms with Crippen LogP contribution < -0.4 is 9.64 Å². The summed E-state index contributed by atoms with van der Waals surface area (Å²) in [7, 11) is 3.88. The van der Waals surface area contributed by atoms with E-state index in [0.717, 1.165) is 31.5 Å². The monoisotopic (exact) mass is 522 g/mol. The molecule has 3 heterocycles. The van der Waals surface area contributed by atoms with Gasteiger partial charge in [0.25, 0.3) is 0 Å². The van der Waals surface area contributed by atoms with Gasteiger partial charge in [-0.15, -0.1) is 0 Å². The third-order valence-corrected chi connectivity index (χ3v) is 7.63. The van der Waals surface area contributed by atoms with Gasteiger partial charge in [-0.25, -0.2) is 18.7 Å². The number of hydrogen-bond donors (Lipinski definition) is 0. The molecule has 0 unspecified atom stereocenters. The van der Waals surface area contributed by atoms with E-state index < -0.39 is 11.6 Å². The van der Waals surface area contributed by atoms with Crippen molar-refractivity contribution in [3.8, 4) is 17.0 Å². The molecule has 1 saturated heterocycles. The minimum absolute atomic E-state index is 0.0889. The van der Waals surface area contributed by atoms with Crippen molar-refractivity contribution in [3.05, 3.63) is 70.7 Å². The predicted molar refractivity (Wildman–Crippen MR) is 145 cm³/mol. The van der Waals surface area contributed by atoms with Crippen molar-refractivity contribution in [1.29, 1.82) is 0 Å². The highest BCUT2D eigenvalue weighted by Gasteiger charge is 2.26. The van der Waals surface area contributed by atoms with Crippen LogP contribution in [0.15, 0.2) is 36.5 Å². The van der Waals surface area contributed by atoms with Crippen molar-refractivity contribution < 1.29 is 18.3 Å². The number of anilines is 1. The van der Waals surface area contributed by atoms with E-state index in [2.05, 4.69) is 45.0 Å². The lowest BCUT2D eigenvalue weighted by Gasteiger charge is -2.34. The predicted octanol–water partition coefficient (Wildman–Crippen LogP) is 5.58. The smallest absolute Gasteiger partial charge is 0.178 e. The van der Waals surface area contributed by atoms with Crippen molar-refractivity contribution in [2.24, 2.45) is 0 Å². The molecule has 0 N–H and O–H groups in total. The van der Waals surface area contributed by atoms with Gasteiger partial charge in [0, 0.05) is 25.1 Å². The Hall–Kier alpha value is -3.10. The van der Waals surface area contributed by atoms with Crippen LogP contribution >= 0.6 is 0 Å². The quantitative estimate of drug-likeness (QED) is 0.404. The number of nitrogens with zero attached hydrogens (tertiary/aromatic N) is 4. The Kier molecular flexibility index (Phi) is 7.91. The second-order valence-corrected chi connectivity index (χ2v) is 10.6. The lowest BCUT2D eigenvalue weighted by molar-refractivity contribution is 0.182. The molecule has 38 heavy (non-hydrogen) atoms. The first-order chi connectivity index (χ1) is 18.3. The normalized spacial score (nSPS) is 16.6. The average molecular weight is 523 g/mol. The Bertz CT molecular complexity index is 1290. The molecule has 1 fully saturated rings. The summed E-state index contributed by atoms with van der Waals surface area (Å²) in [5.74, 6) is 0.104. The van der Waals surface area contributed by atoms with Gasteiger partial charge in [0.2, 0.25) is 0 Å². The summed E-state index contributed by atoms with van der Waals surface area (Å²) in [4.78, 5) is 13.2. The minimum Gasteiger partial charge on any atom is -0.486 e. The average Bonchev–Trinajstić information content (AvgIpc) is 2.90. The number of rotatable bonds is 7. The number of methoxy groups -OCH3 is 1. The van der Waals surface area contributed by atoms with Crippen molar-refractivity contribution in [1.82, 2.24) is 14.9 Å². The fraction of sp³-hybridized carbons (Fsp3) is 0.467. The molecule has 6 nitrogen and oxygen atoms in total. The molecule has 0 atom stereocenters. The van der Waals surface area contributed by atoms with E-state index in [-0.39, 0.29) is 17.5 Å². The second-order valence-electron chi connectivity index (χ2n) is 10.6. The van der Waals surface area contributed by atoms with Crippen LogP contribution in [-0.4, -0.2) is 61.3 Å². The van der Waals surface area contributed by atoms with E-state index in [4.69, 9.17) is 9.47 Å². The number of aromatic nitrogens is 2. The summed E-state index contributed by atoms with van der Waals surface area (Å²) >= 11 is 0. The molecule has 0 radical (unpaired) electrons. The second kappa shape index (κ2) is 11.3. The van der Waals surface area contributed by atoms with Gasteiger partial charge in [-0.05, 0) is 81.6 Å². The van der Waals surface area contributed by atoms with Crippen LogP contribution in [-0.2, 0) is 17.8 Å². The number of halogens is 2. The third kappa shape index (κ3) is 5.52. The van der Waals surface area contributed by atoms with Crippen LogP contribution in [0.5, 0.6) is 5.75 Å². The zero-order valence-electron chi connectivity index (χ0n) is 22.6. The van der Waals surface area contributed by atoms with Gasteiger partial charge in [0.15, 0.2) is 17.4 Å². The van der Waals surface area contributed by atoms with Crippen LogP contribution in [0, 0.1) is 11.6 Å². The number of likely N-dealkylation sites (tertiary alicyclic amines) is 1. The third-order valence-electron chi connectivity index (χ3n) is 7.63. The molecule has 0 spiro atoms. The first kappa shape index (κ1) is 26.5. The van der Waals surface area contributed by atoms with Crippen LogP contribution in [0.4, 0.5) is 14.5 Å². The summed E-state index contributed by atoms with van der Waals surface area (Å²) in [5, 5.41) is 0. The molecule has 0 amide bonds. The number of piperidine rings is 1. The Labute approximate surface area is 223 Å². The molecular weight excluding hydrogens is 486 g/mol. The summed E-state index contributed by atoms with van der Waals surface area (Å²) < 4.78 is 41.1. The molecule has 0 bridgehead atoms. The van der Waals surface area contributed by atoms with Crippen molar-refractivity contribution in [2.45, 2.75) is 51.7 Å². The van der Waals surface area contributed by atoms with Crippen molar-refractivity contribution in [2.75, 3.05) is 45.3 Å². The van der Waals surface area contributed by atoms with E-state index in [0.29, 0.717) is 49.2 Å². The molecule has 0 aliphatic carbocycles. The highest BCUT2D eigenvalue weighted by Crippen LogP contribution is 2.39. The zero-order valence-corrected chi connectivity index (χ0v) is 22.6. The van der Waals surface area contributed by atoms with E-state index in [1.807, 2.05) is 13.8 Å². The fourth-order valence-corrected chi connectivity index (χ4v) is 5.62. The molecule has 0 saturated carbocycles. The van der Waals surface area contributed by atoms with Crippen molar-refractivity contribution in [3.63, 3.8) is 0 Å². The number of benzene rings is 2. The lowest BCUT2D eigenvalue weighted by Crippen LogP contribution is -2.38. The molecule has 2 aliphatic heterocycles. The number of fused-ring (bicyclic) bond motifs is 1. The van der Waals surface area contributed by atoms with Crippen LogP contribution in [0.3, 0.4) is 0 Å². The van der Waals surface area contributed by atoms with Gasteiger partial charge in [-0.1, -0.05) is 18.2 Å². The summed E-state index contributed by atoms with van der Waals surface area (Å²) in [5.41, 5.74) is 4.62. The highest BCUT2D eigenvalue weighted by atomic mass is 19.1. The van der Waals surface area contributed by atoms with Gasteiger partial charge >= 0.3 is 0 Å². The van der Waals surface area contributed by atoms with Crippen LogP contribution in [0.25, 0.3) is 11.3 Å². The molecule has 5 rings (SSSR count). The standard InChI is InChI=1S/C30H36F2N4O2/c1-19(2)36-11-12-38-30-25(31)15-22(16-27(30)36)29-26(32)17-33-28(34-29)14-20-5-6-24(23(13-20)18-37-4)21-7-9-35(3)10-8-21/h5-6,13,15-17,19,21H,7-12,14,18H2,1-4H3. The molecule has 8 heteroatoms. The maximum atomic E-state index is 15.0. The summed E-state index contributed by atoms with van der Waals surface area (Å²) in [6, 6.07) is 9.67. The molecule has 2 aromatic carbocycles. The van der Waals surface area contributed by atoms with Gasteiger partial charge in [0.05, 0.1) is 25.0 Å². The van der Waals surface area contributed by atoms with Gasteiger partial charge in [0.1, 0.15) is 18.1 Å². The number of hydrogen-bond acceptors (Lipinski definition) is 6. The van der Waals surface area contributed by atoms with E-state index >= 15 is 4.39 Å². The first-order valence-electron chi connectivity index (χ1n) is 13.4. The van der Waals surface area contributed by atoms with Gasteiger partial charge in [-0.3, -0.25) is 0 Å². The Balaban J connectivity index is 1.44. The fourth-order valence-electron chi connectivity index (χ4n) is 5.62. The molecular formula is C30H36F2N4O2. The van der Waals surface area contributed by atoms with Crippen LogP contribution in [0.2, 0.25) is 0 Å². The molecule has 202 valence electrons. The summed E-state index contributed by atoms with van der Waals surface area (Å²) in [6.45, 7) is 7.86. The topological polar surface area (TPSA) is 50.7 Å². The van der Waals surface area contributed by atoms with E-state index in [1.54, 1.807) is 13.2 Å². The molecule has 3 aromatic rings.